The predicted molar refractivity (Wildman–Crippen MR) is 137 cm³/mol. The number of anilines is 2. The lowest BCUT2D eigenvalue weighted by molar-refractivity contribution is 0.102. The number of fused-ring (bicyclic) bond motifs is 1. The number of aliphatic hydroxyl groups is 1. The smallest absolute Gasteiger partial charge is 0.259 e. The molecule has 1 aliphatic heterocycles. The monoisotopic (exact) mass is 528 g/mol. The minimum Gasteiger partial charge on any atom is -0.496 e. The molecule has 1 fully saturated rings. The fourth-order valence-corrected chi connectivity index (χ4v) is 5.02. The first kappa shape index (κ1) is 24.3. The molecule has 12 heteroatoms. The number of aryl methyl sites for hydroxylation is 1. The molecule has 4 heterocycles. The molecule has 4 aromatic rings. The highest BCUT2D eigenvalue weighted by Gasteiger charge is 2.24. The van der Waals surface area contributed by atoms with Gasteiger partial charge < -0.3 is 14.7 Å². The van der Waals surface area contributed by atoms with Crippen LogP contribution in [0.2, 0.25) is 5.02 Å². The van der Waals surface area contributed by atoms with Crippen molar-refractivity contribution in [2.45, 2.75) is 25.9 Å². The Balaban J connectivity index is 1.46. The van der Waals surface area contributed by atoms with Crippen molar-refractivity contribution in [2.24, 2.45) is 0 Å². The van der Waals surface area contributed by atoms with Crippen LogP contribution in [0.3, 0.4) is 0 Å². The first-order valence-electron chi connectivity index (χ1n) is 11.2. The summed E-state index contributed by atoms with van der Waals surface area (Å²) in [4.78, 5) is 33.6. The molecule has 0 aliphatic carbocycles. The van der Waals surface area contributed by atoms with Crippen LogP contribution in [0.15, 0.2) is 30.6 Å². The van der Waals surface area contributed by atoms with Gasteiger partial charge in [-0.3, -0.25) is 15.1 Å². The number of benzene rings is 1. The number of aliphatic hydroxyl groups excluding tert-OH is 1. The van der Waals surface area contributed by atoms with Crippen molar-refractivity contribution in [3.63, 3.8) is 0 Å². The number of hydrogen-bond donors (Lipinski definition) is 2. The minimum atomic E-state index is -0.691. The number of pyridine rings is 1. The molecule has 1 amide bonds. The summed E-state index contributed by atoms with van der Waals surface area (Å²) >= 11 is 7.24. The number of nitrogens with one attached hydrogen (secondary N) is 1. The van der Waals surface area contributed by atoms with E-state index in [1.165, 1.54) is 30.7 Å². The van der Waals surface area contributed by atoms with Crippen LogP contribution in [0, 0.1) is 12.7 Å². The molecule has 36 heavy (non-hydrogen) atoms. The van der Waals surface area contributed by atoms with Gasteiger partial charge in [0.25, 0.3) is 5.91 Å². The van der Waals surface area contributed by atoms with Gasteiger partial charge in [0.1, 0.15) is 11.3 Å². The van der Waals surface area contributed by atoms with E-state index in [9.17, 15) is 9.90 Å². The summed E-state index contributed by atoms with van der Waals surface area (Å²) in [6.07, 6.45) is 4.03. The van der Waals surface area contributed by atoms with Crippen LogP contribution in [0.4, 0.5) is 15.5 Å². The Hall–Kier alpha value is -3.41. The summed E-state index contributed by atoms with van der Waals surface area (Å²) in [5.74, 6) is -0.408. The molecule has 2 N–H and O–H groups in total. The van der Waals surface area contributed by atoms with Crippen molar-refractivity contribution in [3.05, 3.63) is 52.7 Å². The van der Waals surface area contributed by atoms with Gasteiger partial charge >= 0.3 is 0 Å². The summed E-state index contributed by atoms with van der Waals surface area (Å²) in [7, 11) is 1.42. The SMILES string of the molecule is COc1ccc(Cl)c(F)c1-c1cc(C)ncc1C(=O)Nc1nc2cnc(N3CCC(O)CC3)nc2s1. The van der Waals surface area contributed by atoms with Crippen LogP contribution >= 0.6 is 22.9 Å². The predicted octanol–water partition coefficient (Wildman–Crippen LogP) is 4.47. The third-order valence-corrected chi connectivity index (χ3v) is 7.11. The molecule has 5 rings (SSSR count). The van der Waals surface area contributed by atoms with Gasteiger partial charge in [0.05, 0.1) is 35.6 Å². The lowest BCUT2D eigenvalue weighted by Crippen LogP contribution is -2.36. The quantitative estimate of drug-likeness (QED) is 0.390. The molecule has 0 radical (unpaired) electrons. The Bertz CT molecular complexity index is 1460. The summed E-state index contributed by atoms with van der Waals surface area (Å²) < 4.78 is 20.4. The number of rotatable bonds is 5. The van der Waals surface area contributed by atoms with Crippen LogP contribution in [-0.2, 0) is 0 Å². The second-order valence-corrected chi connectivity index (χ2v) is 9.75. The summed E-state index contributed by atoms with van der Waals surface area (Å²) in [6.45, 7) is 3.08. The fourth-order valence-electron chi connectivity index (χ4n) is 4.06. The Morgan fingerprint density at radius 3 is 2.78 bits per heavy atom. The number of hydrogen-bond acceptors (Lipinski definition) is 9. The lowest BCUT2D eigenvalue weighted by Gasteiger charge is -2.29. The third kappa shape index (κ3) is 4.69. The molecule has 0 bridgehead atoms. The molecule has 1 aliphatic rings. The zero-order valence-electron chi connectivity index (χ0n) is 19.5. The third-order valence-electron chi connectivity index (χ3n) is 5.94. The first-order valence-corrected chi connectivity index (χ1v) is 12.4. The lowest BCUT2D eigenvalue weighted by atomic mass is 9.98. The van der Waals surface area contributed by atoms with E-state index < -0.39 is 11.7 Å². The van der Waals surface area contributed by atoms with Crippen LogP contribution in [0.5, 0.6) is 5.75 Å². The van der Waals surface area contributed by atoms with Gasteiger partial charge in [-0.25, -0.2) is 14.4 Å². The number of ether oxygens (including phenoxy) is 1. The molecular formula is C24H22ClFN6O3S. The number of thiazole rings is 1. The Morgan fingerprint density at radius 2 is 2.03 bits per heavy atom. The van der Waals surface area contributed by atoms with Crippen molar-refractivity contribution in [1.29, 1.82) is 0 Å². The maximum atomic E-state index is 15.1. The summed E-state index contributed by atoms with van der Waals surface area (Å²) in [6, 6.07) is 4.55. The van der Waals surface area contributed by atoms with Crippen LogP contribution in [0.1, 0.15) is 28.9 Å². The normalized spacial score (nSPS) is 14.3. The number of methoxy groups -OCH3 is 1. The average Bonchev–Trinajstić information content (AvgIpc) is 3.27. The van der Waals surface area contributed by atoms with E-state index in [0.29, 0.717) is 58.6 Å². The topological polar surface area (TPSA) is 113 Å². The summed E-state index contributed by atoms with van der Waals surface area (Å²) in [5.41, 5.74) is 1.65. The van der Waals surface area contributed by atoms with Gasteiger partial charge in [0, 0.05) is 30.5 Å². The molecule has 186 valence electrons. The molecule has 0 saturated carbocycles. The Kier molecular flexibility index (Phi) is 6.69. The van der Waals surface area contributed by atoms with E-state index >= 15 is 4.39 Å². The van der Waals surface area contributed by atoms with E-state index in [4.69, 9.17) is 16.3 Å². The standard InChI is InChI=1S/C24H22ClFN6O3S/c1-12-9-14(19-18(35-2)4-3-16(25)20(19)26)15(10-27-12)21(34)30-24-29-17-11-28-23(31-22(17)36-24)32-7-5-13(33)6-8-32/h3-4,9-11,13,33H,5-8H2,1-2H3,(H,29,30,34). The van der Waals surface area contributed by atoms with Gasteiger partial charge in [-0.1, -0.05) is 22.9 Å². The second kappa shape index (κ2) is 9.92. The first-order chi connectivity index (χ1) is 17.3. The second-order valence-electron chi connectivity index (χ2n) is 8.36. The zero-order valence-corrected chi connectivity index (χ0v) is 21.0. The zero-order chi connectivity index (χ0) is 25.4. The molecular weight excluding hydrogens is 507 g/mol. The molecule has 0 spiro atoms. The number of amides is 1. The highest BCUT2D eigenvalue weighted by molar-refractivity contribution is 7.22. The molecule has 0 atom stereocenters. The fraction of sp³-hybridized carbons (Fsp3) is 0.292. The molecule has 0 unspecified atom stereocenters. The van der Waals surface area contributed by atoms with Crippen molar-refractivity contribution in [3.8, 4) is 16.9 Å². The maximum Gasteiger partial charge on any atom is 0.259 e. The molecule has 1 saturated heterocycles. The number of aromatic nitrogens is 4. The number of nitrogens with zero attached hydrogens (tertiary/aromatic N) is 5. The van der Waals surface area contributed by atoms with E-state index in [1.807, 2.05) is 4.90 Å². The van der Waals surface area contributed by atoms with E-state index in [2.05, 4.69) is 25.3 Å². The van der Waals surface area contributed by atoms with E-state index in [1.54, 1.807) is 25.3 Å². The van der Waals surface area contributed by atoms with Crippen molar-refractivity contribution >= 4 is 50.3 Å². The van der Waals surface area contributed by atoms with Gasteiger partial charge in [0.2, 0.25) is 5.95 Å². The van der Waals surface area contributed by atoms with Crippen molar-refractivity contribution in [2.75, 3.05) is 30.4 Å². The highest BCUT2D eigenvalue weighted by atomic mass is 35.5. The molecule has 1 aromatic carbocycles. The Labute approximate surface area is 215 Å². The number of carbonyl (C=O) groups is 1. The van der Waals surface area contributed by atoms with Crippen molar-refractivity contribution in [1.82, 2.24) is 19.9 Å². The number of carbonyl (C=O) groups excluding carboxylic acids is 1. The average molecular weight is 529 g/mol. The summed E-state index contributed by atoms with van der Waals surface area (Å²) in [5, 5.41) is 12.7. The van der Waals surface area contributed by atoms with Gasteiger partial charge in [-0.05, 0) is 38.0 Å². The largest absolute Gasteiger partial charge is 0.496 e. The van der Waals surface area contributed by atoms with Crippen LogP contribution in [-0.4, -0.2) is 57.3 Å². The van der Waals surface area contributed by atoms with E-state index in [-0.39, 0.29) is 28.0 Å². The van der Waals surface area contributed by atoms with Crippen LogP contribution < -0.4 is 15.0 Å². The molecule has 9 nitrogen and oxygen atoms in total. The Morgan fingerprint density at radius 1 is 1.25 bits per heavy atom. The number of piperidine rings is 1. The number of halogens is 2. The van der Waals surface area contributed by atoms with Gasteiger partial charge in [0.15, 0.2) is 15.8 Å². The van der Waals surface area contributed by atoms with Crippen molar-refractivity contribution < 1.29 is 19.0 Å². The van der Waals surface area contributed by atoms with Gasteiger partial charge in [-0.15, -0.1) is 0 Å². The van der Waals surface area contributed by atoms with Crippen LogP contribution in [0.25, 0.3) is 21.5 Å². The van der Waals surface area contributed by atoms with Gasteiger partial charge in [-0.2, -0.15) is 4.98 Å². The minimum absolute atomic E-state index is 0.0760. The molecule has 3 aromatic heterocycles. The van der Waals surface area contributed by atoms with E-state index in [0.717, 1.165) is 0 Å². The highest BCUT2D eigenvalue weighted by Crippen LogP contribution is 2.38. The maximum absolute atomic E-state index is 15.1.